The van der Waals surface area contributed by atoms with E-state index in [1.165, 1.54) is 6.08 Å². The number of carbonyl (C=O) groups is 1. The third-order valence-electron chi connectivity index (χ3n) is 4.39. The molecule has 140 valence electrons. The highest BCUT2D eigenvalue weighted by molar-refractivity contribution is 6.30. The number of hydrogen-bond donors (Lipinski definition) is 1. The molecule has 4 nitrogen and oxygen atoms in total. The Morgan fingerprint density at radius 2 is 1.79 bits per heavy atom. The van der Waals surface area contributed by atoms with Crippen LogP contribution >= 0.6 is 11.6 Å². The van der Waals surface area contributed by atoms with Gasteiger partial charge in [-0.15, -0.1) is 0 Å². The molecule has 0 saturated heterocycles. The highest BCUT2D eigenvalue weighted by Crippen LogP contribution is 2.26. The van der Waals surface area contributed by atoms with Gasteiger partial charge in [0.2, 0.25) is 0 Å². The molecule has 5 heteroatoms. The second-order valence-electron chi connectivity index (χ2n) is 6.40. The van der Waals surface area contributed by atoms with Crippen LogP contribution in [-0.4, -0.2) is 5.91 Å². The molecule has 0 radical (unpaired) electrons. The second kappa shape index (κ2) is 8.05. The van der Waals surface area contributed by atoms with Gasteiger partial charge in [-0.05, 0) is 47.2 Å². The maximum absolute atomic E-state index is 12.5. The van der Waals surface area contributed by atoms with Crippen molar-refractivity contribution >= 4 is 40.0 Å². The van der Waals surface area contributed by atoms with Crippen LogP contribution in [0.25, 0.3) is 28.2 Å². The van der Waals surface area contributed by atoms with Crippen molar-refractivity contribution < 1.29 is 9.21 Å². The first kappa shape index (κ1) is 18.5. The van der Waals surface area contributed by atoms with Gasteiger partial charge in [0.25, 0.3) is 5.91 Å². The standard InChI is InChI=1S/C24H15ClN2O2/c25-20-7-3-6-18(12-20)23-11-10-22(29-23)14-19(15-26)24(28)27-21-9-8-16-4-1-2-5-17(16)13-21/h1-14H,(H,27,28)/b19-14+. The maximum atomic E-state index is 12.5. The average Bonchev–Trinajstić information content (AvgIpc) is 3.20. The molecule has 29 heavy (non-hydrogen) atoms. The lowest BCUT2D eigenvalue weighted by Crippen LogP contribution is -2.13. The van der Waals surface area contributed by atoms with Gasteiger partial charge in [-0.1, -0.05) is 54.1 Å². The average molecular weight is 399 g/mol. The predicted octanol–water partition coefficient (Wildman–Crippen LogP) is 6.30. The van der Waals surface area contributed by atoms with Crippen LogP contribution in [0.3, 0.4) is 0 Å². The van der Waals surface area contributed by atoms with Gasteiger partial charge < -0.3 is 9.73 Å². The van der Waals surface area contributed by atoms with Gasteiger partial charge in [-0.25, -0.2) is 0 Å². The summed E-state index contributed by atoms with van der Waals surface area (Å²) in [6, 6.07) is 26.1. The maximum Gasteiger partial charge on any atom is 0.266 e. The van der Waals surface area contributed by atoms with Crippen LogP contribution in [0.2, 0.25) is 5.02 Å². The van der Waals surface area contributed by atoms with E-state index in [1.807, 2.05) is 54.6 Å². The Labute approximate surface area is 172 Å². The molecule has 1 amide bonds. The number of rotatable bonds is 4. The van der Waals surface area contributed by atoms with Crippen LogP contribution < -0.4 is 5.32 Å². The highest BCUT2D eigenvalue weighted by Gasteiger charge is 2.12. The van der Waals surface area contributed by atoms with Crippen molar-refractivity contribution in [3.05, 3.63) is 95.2 Å². The molecule has 0 fully saturated rings. The normalized spacial score (nSPS) is 11.2. The van der Waals surface area contributed by atoms with Gasteiger partial charge in [-0.2, -0.15) is 5.26 Å². The zero-order valence-electron chi connectivity index (χ0n) is 15.2. The van der Waals surface area contributed by atoms with Gasteiger partial charge in [0, 0.05) is 22.3 Å². The molecule has 0 saturated carbocycles. The van der Waals surface area contributed by atoms with E-state index in [0.717, 1.165) is 16.3 Å². The largest absolute Gasteiger partial charge is 0.457 e. The van der Waals surface area contributed by atoms with E-state index in [1.54, 1.807) is 30.3 Å². The van der Waals surface area contributed by atoms with Crippen LogP contribution in [0.1, 0.15) is 5.76 Å². The first-order chi connectivity index (χ1) is 14.1. The summed E-state index contributed by atoms with van der Waals surface area (Å²) in [7, 11) is 0. The second-order valence-corrected chi connectivity index (χ2v) is 6.83. The minimum absolute atomic E-state index is 0.0508. The van der Waals surface area contributed by atoms with Crippen molar-refractivity contribution in [1.82, 2.24) is 0 Å². The molecule has 1 N–H and O–H groups in total. The number of benzene rings is 3. The van der Waals surface area contributed by atoms with Crippen molar-refractivity contribution in [2.45, 2.75) is 0 Å². The van der Waals surface area contributed by atoms with Crippen LogP contribution in [0.5, 0.6) is 0 Å². The van der Waals surface area contributed by atoms with Crippen molar-refractivity contribution in [3.63, 3.8) is 0 Å². The Morgan fingerprint density at radius 3 is 2.59 bits per heavy atom. The summed E-state index contributed by atoms with van der Waals surface area (Å²) < 4.78 is 5.75. The Balaban J connectivity index is 1.55. The monoisotopic (exact) mass is 398 g/mol. The summed E-state index contributed by atoms with van der Waals surface area (Å²) in [5.74, 6) is 0.514. The Kier molecular flexibility index (Phi) is 5.15. The Bertz CT molecular complexity index is 1280. The molecular weight excluding hydrogens is 384 g/mol. The number of furan rings is 1. The number of anilines is 1. The summed E-state index contributed by atoms with van der Waals surface area (Å²) >= 11 is 6.01. The summed E-state index contributed by atoms with van der Waals surface area (Å²) in [5.41, 5.74) is 1.38. The molecule has 0 atom stereocenters. The molecule has 4 aromatic rings. The van der Waals surface area contributed by atoms with Crippen molar-refractivity contribution in [3.8, 4) is 17.4 Å². The van der Waals surface area contributed by atoms with E-state index in [0.29, 0.717) is 22.2 Å². The molecule has 0 aliphatic rings. The van der Waals surface area contributed by atoms with Crippen LogP contribution in [-0.2, 0) is 4.79 Å². The Hall–Kier alpha value is -3.81. The first-order valence-corrected chi connectivity index (χ1v) is 9.28. The number of amides is 1. The SMILES string of the molecule is N#C/C(=C\c1ccc(-c2cccc(Cl)c2)o1)C(=O)Nc1ccc2ccccc2c1. The van der Waals surface area contributed by atoms with Gasteiger partial charge in [0.05, 0.1) is 0 Å². The number of nitriles is 1. The van der Waals surface area contributed by atoms with Gasteiger partial charge in [-0.3, -0.25) is 4.79 Å². The number of nitrogens with zero attached hydrogens (tertiary/aromatic N) is 1. The third-order valence-corrected chi connectivity index (χ3v) is 4.63. The smallest absolute Gasteiger partial charge is 0.266 e. The van der Waals surface area contributed by atoms with Gasteiger partial charge in [0.15, 0.2) is 0 Å². The number of halogens is 1. The Morgan fingerprint density at radius 1 is 0.966 bits per heavy atom. The predicted molar refractivity (Wildman–Crippen MR) is 115 cm³/mol. The first-order valence-electron chi connectivity index (χ1n) is 8.90. The summed E-state index contributed by atoms with van der Waals surface area (Å²) in [5, 5.41) is 14.9. The fourth-order valence-electron chi connectivity index (χ4n) is 2.98. The molecule has 0 unspecified atom stereocenters. The topological polar surface area (TPSA) is 66.0 Å². The van der Waals surface area contributed by atoms with E-state index in [-0.39, 0.29) is 5.57 Å². The zero-order valence-corrected chi connectivity index (χ0v) is 16.0. The summed E-state index contributed by atoms with van der Waals surface area (Å²) in [4.78, 5) is 12.5. The molecule has 3 aromatic carbocycles. The number of nitrogens with one attached hydrogen (secondary N) is 1. The lowest BCUT2D eigenvalue weighted by atomic mass is 10.1. The molecule has 1 heterocycles. The van der Waals surface area contributed by atoms with Gasteiger partial charge in [0.1, 0.15) is 23.2 Å². The van der Waals surface area contributed by atoms with E-state index in [2.05, 4.69) is 5.32 Å². The highest BCUT2D eigenvalue weighted by atomic mass is 35.5. The third kappa shape index (κ3) is 4.21. The summed E-state index contributed by atoms with van der Waals surface area (Å²) in [6.07, 6.45) is 1.42. The number of hydrogen-bond acceptors (Lipinski definition) is 3. The zero-order chi connectivity index (χ0) is 20.2. The van der Waals surface area contributed by atoms with E-state index in [4.69, 9.17) is 16.0 Å². The number of carbonyl (C=O) groups excluding carboxylic acids is 1. The molecule has 1 aromatic heterocycles. The minimum Gasteiger partial charge on any atom is -0.457 e. The fourth-order valence-corrected chi connectivity index (χ4v) is 3.17. The van der Waals surface area contributed by atoms with Crippen molar-refractivity contribution in [2.24, 2.45) is 0 Å². The molecule has 4 rings (SSSR count). The molecule has 0 bridgehead atoms. The van der Waals surface area contributed by atoms with Crippen molar-refractivity contribution in [2.75, 3.05) is 5.32 Å². The molecule has 0 spiro atoms. The van der Waals surface area contributed by atoms with Crippen molar-refractivity contribution in [1.29, 1.82) is 5.26 Å². The quantitative estimate of drug-likeness (QED) is 0.324. The van der Waals surface area contributed by atoms with E-state index in [9.17, 15) is 10.1 Å². The molecule has 0 aliphatic heterocycles. The summed E-state index contributed by atoms with van der Waals surface area (Å²) in [6.45, 7) is 0. The van der Waals surface area contributed by atoms with Crippen LogP contribution in [0.15, 0.2) is 88.9 Å². The fraction of sp³-hybridized carbons (Fsp3) is 0. The lowest BCUT2D eigenvalue weighted by molar-refractivity contribution is -0.112. The number of fused-ring (bicyclic) bond motifs is 1. The van der Waals surface area contributed by atoms with E-state index < -0.39 is 5.91 Å². The molecular formula is C24H15ClN2O2. The van der Waals surface area contributed by atoms with Crippen LogP contribution in [0.4, 0.5) is 5.69 Å². The van der Waals surface area contributed by atoms with E-state index >= 15 is 0 Å². The molecule has 0 aliphatic carbocycles. The minimum atomic E-state index is -0.497. The lowest BCUT2D eigenvalue weighted by Gasteiger charge is -2.05. The van der Waals surface area contributed by atoms with Crippen LogP contribution in [0, 0.1) is 11.3 Å². The van der Waals surface area contributed by atoms with Gasteiger partial charge >= 0.3 is 0 Å².